The smallest absolute Gasteiger partial charge is 0.254 e. The first-order chi connectivity index (χ1) is 16.7. The predicted octanol–water partition coefficient (Wildman–Crippen LogP) is 3.52. The lowest BCUT2D eigenvalue weighted by Gasteiger charge is -2.25. The molecule has 0 aliphatic heterocycles. The monoisotopic (exact) mass is 495 g/mol. The number of hydrogen-bond donors (Lipinski definition) is 1. The molecule has 182 valence electrons. The summed E-state index contributed by atoms with van der Waals surface area (Å²) in [5.74, 6) is -0.00919. The van der Waals surface area contributed by atoms with Crippen molar-refractivity contribution in [1.29, 1.82) is 0 Å². The highest BCUT2D eigenvalue weighted by atomic mass is 35.5. The van der Waals surface area contributed by atoms with Gasteiger partial charge in [-0.2, -0.15) is 5.10 Å². The van der Waals surface area contributed by atoms with E-state index in [-0.39, 0.29) is 30.5 Å². The van der Waals surface area contributed by atoms with Gasteiger partial charge in [0.15, 0.2) is 5.65 Å². The van der Waals surface area contributed by atoms with Crippen LogP contribution >= 0.6 is 11.6 Å². The number of carbonyl (C=O) groups is 2. The van der Waals surface area contributed by atoms with Crippen LogP contribution in [0.25, 0.3) is 17.1 Å². The van der Waals surface area contributed by atoms with Crippen molar-refractivity contribution in [2.75, 3.05) is 0 Å². The van der Waals surface area contributed by atoms with Crippen LogP contribution in [-0.2, 0) is 17.8 Å². The van der Waals surface area contributed by atoms with E-state index in [0.717, 1.165) is 17.0 Å². The van der Waals surface area contributed by atoms with E-state index in [2.05, 4.69) is 20.3 Å². The lowest BCUT2D eigenvalue weighted by atomic mass is 10.1. The summed E-state index contributed by atoms with van der Waals surface area (Å²) in [7, 11) is 0. The van der Waals surface area contributed by atoms with Crippen LogP contribution in [0.1, 0.15) is 53.5 Å². The van der Waals surface area contributed by atoms with Crippen LogP contribution in [0.2, 0.25) is 5.02 Å². The van der Waals surface area contributed by atoms with Gasteiger partial charge < -0.3 is 15.1 Å². The van der Waals surface area contributed by atoms with Crippen molar-refractivity contribution in [3.8, 4) is 11.5 Å². The number of aromatic nitrogens is 5. The topological polar surface area (TPSA) is 133 Å². The van der Waals surface area contributed by atoms with Crippen LogP contribution in [0.3, 0.4) is 0 Å². The molecule has 3 aromatic heterocycles. The zero-order chi connectivity index (χ0) is 25.3. The standard InChI is InChI=1S/C24H26ClN7O3/c1-13(2)31(12-20-29-30-24(35-20)17-7-5-6-8-19(17)25)21(33)10-9-16-14(3)28-23-18(22(26)34)11-27-32(23)15(16)4/h5-8,11,13H,9-10,12H2,1-4H3,(H2,26,34). The summed E-state index contributed by atoms with van der Waals surface area (Å²) in [6.45, 7) is 7.78. The number of benzene rings is 1. The van der Waals surface area contributed by atoms with Gasteiger partial charge in [0.25, 0.3) is 5.91 Å². The van der Waals surface area contributed by atoms with Crippen molar-refractivity contribution in [3.63, 3.8) is 0 Å². The van der Waals surface area contributed by atoms with Gasteiger partial charge in [-0.3, -0.25) is 9.59 Å². The van der Waals surface area contributed by atoms with Gasteiger partial charge in [0.05, 0.1) is 23.3 Å². The largest absolute Gasteiger partial charge is 0.419 e. The number of primary amides is 1. The van der Waals surface area contributed by atoms with Crippen molar-refractivity contribution < 1.29 is 14.0 Å². The van der Waals surface area contributed by atoms with Crippen LogP contribution in [0.4, 0.5) is 0 Å². The molecule has 0 saturated carbocycles. The van der Waals surface area contributed by atoms with Gasteiger partial charge in [-0.15, -0.1) is 10.2 Å². The fourth-order valence-corrected chi connectivity index (χ4v) is 4.20. The molecule has 0 aliphatic rings. The highest BCUT2D eigenvalue weighted by Gasteiger charge is 2.23. The van der Waals surface area contributed by atoms with E-state index < -0.39 is 5.91 Å². The van der Waals surface area contributed by atoms with Gasteiger partial charge >= 0.3 is 0 Å². The summed E-state index contributed by atoms with van der Waals surface area (Å²) in [6, 6.07) is 7.13. The Morgan fingerprint density at radius 3 is 2.63 bits per heavy atom. The first-order valence-corrected chi connectivity index (χ1v) is 11.6. The summed E-state index contributed by atoms with van der Waals surface area (Å²) >= 11 is 6.23. The maximum atomic E-state index is 13.2. The molecule has 4 aromatic rings. The summed E-state index contributed by atoms with van der Waals surface area (Å²) in [5, 5.41) is 12.9. The minimum atomic E-state index is -0.583. The van der Waals surface area contributed by atoms with Crippen molar-refractivity contribution in [1.82, 2.24) is 29.7 Å². The third-order valence-corrected chi connectivity index (χ3v) is 6.21. The number of hydrogen-bond acceptors (Lipinski definition) is 7. The second-order valence-electron chi connectivity index (χ2n) is 8.52. The van der Waals surface area contributed by atoms with Gasteiger partial charge in [-0.1, -0.05) is 23.7 Å². The first-order valence-electron chi connectivity index (χ1n) is 11.2. The van der Waals surface area contributed by atoms with Gasteiger partial charge in [0.2, 0.25) is 17.7 Å². The summed E-state index contributed by atoms with van der Waals surface area (Å²) < 4.78 is 7.38. The summed E-state index contributed by atoms with van der Waals surface area (Å²) in [5.41, 5.74) is 9.17. The molecule has 0 aliphatic carbocycles. The summed E-state index contributed by atoms with van der Waals surface area (Å²) in [6.07, 6.45) is 2.12. The second-order valence-corrected chi connectivity index (χ2v) is 8.92. The SMILES string of the molecule is Cc1nc2c(C(N)=O)cnn2c(C)c1CCC(=O)N(Cc1nnc(-c2ccccc2Cl)o1)C(C)C. The number of fused-ring (bicyclic) bond motifs is 1. The molecular weight excluding hydrogens is 470 g/mol. The van der Waals surface area contributed by atoms with Crippen molar-refractivity contribution in [2.24, 2.45) is 5.73 Å². The molecular formula is C24H26ClN7O3. The first kappa shape index (κ1) is 24.3. The third-order valence-electron chi connectivity index (χ3n) is 5.88. The van der Waals surface area contributed by atoms with Crippen LogP contribution in [0, 0.1) is 13.8 Å². The number of nitrogens with zero attached hydrogens (tertiary/aromatic N) is 6. The number of rotatable bonds is 8. The molecule has 0 radical (unpaired) electrons. The van der Waals surface area contributed by atoms with E-state index in [0.29, 0.717) is 34.4 Å². The van der Waals surface area contributed by atoms with E-state index in [1.807, 2.05) is 39.8 Å². The number of carbonyl (C=O) groups excluding carboxylic acids is 2. The molecule has 0 unspecified atom stereocenters. The second kappa shape index (κ2) is 9.83. The lowest BCUT2D eigenvalue weighted by Crippen LogP contribution is -2.36. The average molecular weight is 496 g/mol. The fourth-order valence-electron chi connectivity index (χ4n) is 3.99. The van der Waals surface area contributed by atoms with Gasteiger partial charge in [0.1, 0.15) is 5.56 Å². The van der Waals surface area contributed by atoms with E-state index in [9.17, 15) is 9.59 Å². The van der Waals surface area contributed by atoms with Gasteiger partial charge in [-0.05, 0) is 51.8 Å². The number of amides is 2. The Labute approximate surface area is 207 Å². The fraction of sp³-hybridized carbons (Fsp3) is 0.333. The Balaban J connectivity index is 1.50. The number of aryl methyl sites for hydroxylation is 2. The molecule has 4 rings (SSSR count). The third kappa shape index (κ3) is 4.88. The molecule has 11 heteroatoms. The van der Waals surface area contributed by atoms with Crippen molar-refractivity contribution in [3.05, 3.63) is 63.9 Å². The van der Waals surface area contributed by atoms with Crippen molar-refractivity contribution in [2.45, 2.75) is 53.1 Å². The highest BCUT2D eigenvalue weighted by molar-refractivity contribution is 6.33. The molecule has 10 nitrogen and oxygen atoms in total. The quantitative estimate of drug-likeness (QED) is 0.395. The number of nitrogens with two attached hydrogens (primary N) is 1. The number of halogens is 1. The Morgan fingerprint density at radius 1 is 1.20 bits per heavy atom. The minimum Gasteiger partial charge on any atom is -0.419 e. The van der Waals surface area contributed by atoms with Crippen molar-refractivity contribution >= 4 is 29.1 Å². The molecule has 0 saturated heterocycles. The molecule has 0 atom stereocenters. The lowest BCUT2D eigenvalue weighted by molar-refractivity contribution is -0.133. The average Bonchev–Trinajstić information content (AvgIpc) is 3.44. The van der Waals surface area contributed by atoms with Crippen LogP contribution in [0.5, 0.6) is 0 Å². The minimum absolute atomic E-state index is 0.0605. The maximum absolute atomic E-state index is 13.2. The zero-order valence-corrected chi connectivity index (χ0v) is 20.7. The van der Waals surface area contributed by atoms with Gasteiger partial charge in [-0.25, -0.2) is 9.50 Å². The van der Waals surface area contributed by atoms with E-state index in [1.54, 1.807) is 21.5 Å². The molecule has 0 fully saturated rings. The molecule has 3 heterocycles. The van der Waals surface area contributed by atoms with Crippen LogP contribution in [-0.4, -0.2) is 47.6 Å². The Morgan fingerprint density at radius 2 is 1.94 bits per heavy atom. The molecule has 1 aromatic carbocycles. The zero-order valence-electron chi connectivity index (χ0n) is 19.9. The maximum Gasteiger partial charge on any atom is 0.254 e. The molecule has 35 heavy (non-hydrogen) atoms. The molecule has 2 N–H and O–H groups in total. The van der Waals surface area contributed by atoms with E-state index >= 15 is 0 Å². The molecule has 2 amide bonds. The van der Waals surface area contributed by atoms with Crippen LogP contribution in [0.15, 0.2) is 34.9 Å². The Bertz CT molecular complexity index is 1410. The summed E-state index contributed by atoms with van der Waals surface area (Å²) in [4.78, 5) is 31.0. The van der Waals surface area contributed by atoms with E-state index in [4.69, 9.17) is 21.8 Å². The predicted molar refractivity (Wildman–Crippen MR) is 130 cm³/mol. The molecule has 0 bridgehead atoms. The Kier molecular flexibility index (Phi) is 6.83. The highest BCUT2D eigenvalue weighted by Crippen LogP contribution is 2.27. The normalized spacial score (nSPS) is 11.4. The van der Waals surface area contributed by atoms with Crippen LogP contribution < -0.4 is 5.73 Å². The van der Waals surface area contributed by atoms with E-state index in [1.165, 1.54) is 6.20 Å². The van der Waals surface area contributed by atoms with Gasteiger partial charge in [0, 0.05) is 23.9 Å². The molecule has 0 spiro atoms. The Hall–Kier alpha value is -3.79.